The van der Waals surface area contributed by atoms with Crippen molar-refractivity contribution in [2.75, 3.05) is 10.6 Å². The van der Waals surface area contributed by atoms with E-state index < -0.39 is 22.0 Å². The number of hydrogen-bond donors (Lipinski definition) is 3. The number of para-hydroxylation sites is 1. The van der Waals surface area contributed by atoms with Crippen LogP contribution in [0.3, 0.4) is 0 Å². The van der Waals surface area contributed by atoms with Gasteiger partial charge in [-0.2, -0.15) is 0 Å². The van der Waals surface area contributed by atoms with Crippen molar-refractivity contribution in [2.24, 2.45) is 0 Å². The predicted octanol–water partition coefficient (Wildman–Crippen LogP) is 7.09. The summed E-state index contributed by atoms with van der Waals surface area (Å²) in [6.45, 7) is 3.63. The van der Waals surface area contributed by atoms with Crippen molar-refractivity contribution in [3.05, 3.63) is 135 Å². The first-order chi connectivity index (χ1) is 20.6. The summed E-state index contributed by atoms with van der Waals surface area (Å²) in [5.41, 5.74) is 1.93. The molecule has 0 aromatic heterocycles. The Labute approximate surface area is 257 Å². The highest BCUT2D eigenvalue weighted by Gasteiger charge is 2.19. The molecule has 9 nitrogen and oxygen atoms in total. The van der Waals surface area contributed by atoms with Crippen molar-refractivity contribution in [2.45, 2.75) is 24.0 Å². The maximum absolute atomic E-state index is 13.4. The maximum atomic E-state index is 13.4. The fourth-order valence-electron chi connectivity index (χ4n) is 3.89. The van der Waals surface area contributed by atoms with Crippen molar-refractivity contribution < 1.29 is 19.3 Å². The van der Waals surface area contributed by atoms with Crippen LogP contribution in [0.5, 0.6) is 0 Å². The molecule has 0 heterocycles. The first-order valence-corrected chi connectivity index (χ1v) is 14.3. The average Bonchev–Trinajstić information content (AvgIpc) is 2.99. The summed E-state index contributed by atoms with van der Waals surface area (Å²) in [6.07, 6.45) is 1.26. The van der Waals surface area contributed by atoms with Gasteiger partial charge in [0.1, 0.15) is 5.70 Å². The number of nitro groups is 1. The molecule has 0 spiro atoms. The molecule has 0 aliphatic carbocycles. The Morgan fingerprint density at radius 3 is 2.30 bits per heavy atom. The first-order valence-electron chi connectivity index (χ1n) is 13.1. The molecule has 11 heteroatoms. The zero-order valence-corrected chi connectivity index (χ0v) is 24.7. The van der Waals surface area contributed by atoms with E-state index in [1.807, 2.05) is 13.0 Å². The highest BCUT2D eigenvalue weighted by molar-refractivity contribution is 8.00. The van der Waals surface area contributed by atoms with Crippen LogP contribution < -0.4 is 16.0 Å². The zero-order valence-electron chi connectivity index (χ0n) is 23.2. The highest BCUT2D eigenvalue weighted by atomic mass is 35.5. The fraction of sp³-hybridized carbons (Fsp3) is 0.0938. The van der Waals surface area contributed by atoms with E-state index in [-0.39, 0.29) is 22.9 Å². The number of hydrogen-bond acceptors (Lipinski definition) is 6. The van der Waals surface area contributed by atoms with Crippen LogP contribution in [0.15, 0.2) is 108 Å². The molecule has 0 aliphatic heterocycles. The lowest BCUT2D eigenvalue weighted by Gasteiger charge is -2.14. The van der Waals surface area contributed by atoms with Crippen LogP contribution in [-0.4, -0.2) is 27.9 Å². The van der Waals surface area contributed by atoms with Gasteiger partial charge in [0.2, 0.25) is 5.91 Å². The summed E-state index contributed by atoms with van der Waals surface area (Å²) in [5.74, 6) is -1.47. The molecule has 0 saturated heterocycles. The summed E-state index contributed by atoms with van der Waals surface area (Å²) in [7, 11) is 0. The van der Waals surface area contributed by atoms with Crippen LogP contribution in [0.4, 0.5) is 17.1 Å². The van der Waals surface area contributed by atoms with Crippen LogP contribution in [-0.2, 0) is 9.59 Å². The smallest absolute Gasteiger partial charge is 0.276 e. The minimum absolute atomic E-state index is 0.144. The van der Waals surface area contributed by atoms with Crippen molar-refractivity contribution in [3.8, 4) is 0 Å². The molecule has 1 atom stereocenters. The summed E-state index contributed by atoms with van der Waals surface area (Å²) in [6, 6.07) is 26.3. The number of carbonyl (C=O) groups excluding carboxylic acids is 3. The molecule has 3 N–H and O–H groups in total. The fourth-order valence-corrected chi connectivity index (χ4v) is 5.00. The molecule has 0 radical (unpaired) electrons. The van der Waals surface area contributed by atoms with Crippen LogP contribution in [0.2, 0.25) is 5.02 Å². The van der Waals surface area contributed by atoms with Gasteiger partial charge in [0.15, 0.2) is 0 Å². The monoisotopic (exact) mass is 614 g/mol. The van der Waals surface area contributed by atoms with Gasteiger partial charge in [0.25, 0.3) is 17.5 Å². The van der Waals surface area contributed by atoms with Crippen LogP contribution in [0.25, 0.3) is 6.08 Å². The van der Waals surface area contributed by atoms with Crippen molar-refractivity contribution in [1.29, 1.82) is 0 Å². The van der Waals surface area contributed by atoms with Gasteiger partial charge in [-0.25, -0.2) is 0 Å². The van der Waals surface area contributed by atoms with Crippen LogP contribution in [0, 0.1) is 17.0 Å². The van der Waals surface area contributed by atoms with E-state index in [4.69, 9.17) is 11.6 Å². The number of carbonyl (C=O) groups is 3. The number of halogens is 1. The minimum atomic E-state index is -0.688. The third kappa shape index (κ3) is 8.54. The van der Waals surface area contributed by atoms with Crippen molar-refractivity contribution in [3.63, 3.8) is 0 Å². The molecule has 0 fully saturated rings. The zero-order chi connectivity index (χ0) is 30.9. The molecule has 0 bridgehead atoms. The minimum Gasteiger partial charge on any atom is -0.325 e. The number of anilines is 2. The Kier molecular flexibility index (Phi) is 10.3. The molecule has 218 valence electrons. The van der Waals surface area contributed by atoms with E-state index in [0.29, 0.717) is 26.9 Å². The van der Waals surface area contributed by atoms with Crippen LogP contribution in [0.1, 0.15) is 28.4 Å². The second-order valence-electron chi connectivity index (χ2n) is 9.39. The molecule has 43 heavy (non-hydrogen) atoms. The van der Waals surface area contributed by atoms with E-state index in [2.05, 4.69) is 16.0 Å². The number of rotatable bonds is 10. The SMILES string of the molecule is Cc1ccc(NC(=O)C(C)Sc2cccc(NC(=O)/C(=C\c3ccccc3[N+](=O)[O-])NC(=O)c3ccccc3)c2)cc1Cl. The quantitative estimate of drug-likeness (QED) is 0.0757. The third-order valence-corrected chi connectivity index (χ3v) is 7.68. The second kappa shape index (κ2) is 14.3. The Morgan fingerprint density at radius 1 is 0.884 bits per heavy atom. The summed E-state index contributed by atoms with van der Waals surface area (Å²) < 4.78 is 0. The lowest BCUT2D eigenvalue weighted by Crippen LogP contribution is -2.30. The molecule has 4 rings (SSSR count). The standard InChI is InChI=1S/C32H27ClN4O5S/c1-20-15-16-25(19-27(20)33)34-30(38)21(2)43-26-13-8-12-24(18-26)35-32(40)28(36-31(39)22-9-4-3-5-10-22)17-23-11-6-7-14-29(23)37(41)42/h3-19,21H,1-2H3,(H,34,38)(H,35,40)(H,36,39)/b28-17+. The summed E-state index contributed by atoms with van der Waals surface area (Å²) >= 11 is 7.45. The number of benzene rings is 4. The first kappa shape index (κ1) is 31.0. The molecule has 1 unspecified atom stereocenters. The van der Waals surface area contributed by atoms with Gasteiger partial charge < -0.3 is 16.0 Å². The van der Waals surface area contributed by atoms with Gasteiger partial charge in [-0.1, -0.05) is 54.1 Å². The number of nitro benzene ring substituents is 1. The Balaban J connectivity index is 1.52. The maximum Gasteiger partial charge on any atom is 0.276 e. The number of thioether (sulfide) groups is 1. The largest absolute Gasteiger partial charge is 0.325 e. The Morgan fingerprint density at radius 2 is 1.58 bits per heavy atom. The van der Waals surface area contributed by atoms with E-state index in [0.717, 1.165) is 5.56 Å². The average molecular weight is 615 g/mol. The number of nitrogens with zero attached hydrogens (tertiary/aromatic N) is 1. The molecule has 4 aromatic rings. The summed E-state index contributed by atoms with van der Waals surface area (Å²) in [4.78, 5) is 50.8. The molecule has 0 aliphatic rings. The topological polar surface area (TPSA) is 130 Å². The number of amides is 3. The van der Waals surface area contributed by atoms with Gasteiger partial charge in [-0.15, -0.1) is 11.8 Å². The summed E-state index contributed by atoms with van der Waals surface area (Å²) in [5, 5.41) is 19.8. The van der Waals surface area contributed by atoms with Gasteiger partial charge in [-0.3, -0.25) is 24.5 Å². The van der Waals surface area contributed by atoms with E-state index in [1.165, 1.54) is 36.0 Å². The Hall–Kier alpha value is -4.93. The molecule has 4 aromatic carbocycles. The predicted molar refractivity (Wildman–Crippen MR) is 170 cm³/mol. The second-order valence-corrected chi connectivity index (χ2v) is 11.2. The van der Waals surface area contributed by atoms with Gasteiger partial charge >= 0.3 is 0 Å². The normalized spacial score (nSPS) is 11.7. The van der Waals surface area contributed by atoms with Gasteiger partial charge in [-0.05, 0) is 74.0 Å². The van der Waals surface area contributed by atoms with E-state index in [1.54, 1.807) is 79.7 Å². The van der Waals surface area contributed by atoms with E-state index >= 15 is 0 Å². The van der Waals surface area contributed by atoms with Crippen LogP contribution >= 0.6 is 23.4 Å². The number of nitrogens with one attached hydrogen (secondary N) is 3. The molecular formula is C32H27ClN4O5S. The lowest BCUT2D eigenvalue weighted by molar-refractivity contribution is -0.385. The van der Waals surface area contributed by atoms with E-state index in [9.17, 15) is 24.5 Å². The van der Waals surface area contributed by atoms with Gasteiger partial charge in [0, 0.05) is 32.9 Å². The lowest BCUT2D eigenvalue weighted by atomic mass is 10.1. The third-order valence-electron chi connectivity index (χ3n) is 6.18. The Bertz CT molecular complexity index is 1710. The highest BCUT2D eigenvalue weighted by Crippen LogP contribution is 2.28. The van der Waals surface area contributed by atoms with Crippen molar-refractivity contribution in [1.82, 2.24) is 5.32 Å². The van der Waals surface area contributed by atoms with Crippen molar-refractivity contribution >= 4 is 64.2 Å². The molecular weight excluding hydrogens is 588 g/mol. The molecule has 3 amide bonds. The van der Waals surface area contributed by atoms with Gasteiger partial charge in [0.05, 0.1) is 15.7 Å². The number of aryl methyl sites for hydroxylation is 1. The molecule has 0 saturated carbocycles.